The normalized spacial score (nSPS) is 17.4. The molecule has 2 amide bonds. The van der Waals surface area contributed by atoms with Crippen molar-refractivity contribution in [3.05, 3.63) is 59.5 Å². The fraction of sp³-hybridized carbons (Fsp3) is 0.455. The van der Waals surface area contributed by atoms with E-state index in [-0.39, 0.29) is 18.2 Å². The quantitative estimate of drug-likeness (QED) is 0.760. The van der Waals surface area contributed by atoms with Gasteiger partial charge in [0.1, 0.15) is 11.5 Å². The summed E-state index contributed by atoms with van der Waals surface area (Å²) in [6, 6.07) is 13.7. The van der Waals surface area contributed by atoms with Crippen molar-refractivity contribution >= 4 is 11.8 Å². The number of carbonyl (C=O) groups is 2. The van der Waals surface area contributed by atoms with Crippen molar-refractivity contribution in [2.75, 3.05) is 26.7 Å². The molecule has 1 fully saturated rings. The molecule has 1 atom stereocenters. The Labute approximate surface area is 166 Å². The molecule has 0 aliphatic carbocycles. The summed E-state index contributed by atoms with van der Waals surface area (Å²) in [5.74, 6) is 1.47. The number of nitrogens with zero attached hydrogens (tertiary/aromatic N) is 2. The third-order valence-corrected chi connectivity index (χ3v) is 5.18. The highest BCUT2D eigenvalue weighted by Crippen LogP contribution is 2.14. The van der Waals surface area contributed by atoms with Gasteiger partial charge in [-0.2, -0.15) is 0 Å². The van der Waals surface area contributed by atoms with Gasteiger partial charge in [-0.15, -0.1) is 0 Å². The Hall–Kier alpha value is -2.60. The Morgan fingerprint density at radius 1 is 1.25 bits per heavy atom. The number of amides is 2. The van der Waals surface area contributed by atoms with Crippen LogP contribution in [0.5, 0.6) is 0 Å². The molecule has 1 aromatic heterocycles. The Balaban J connectivity index is 1.53. The van der Waals surface area contributed by atoms with E-state index in [2.05, 4.69) is 22.3 Å². The molecule has 6 heteroatoms. The number of furan rings is 1. The van der Waals surface area contributed by atoms with Crippen molar-refractivity contribution in [2.24, 2.45) is 0 Å². The smallest absolute Gasteiger partial charge is 0.237 e. The maximum atomic E-state index is 12.7. The molecule has 1 saturated heterocycles. The van der Waals surface area contributed by atoms with E-state index in [9.17, 15) is 9.59 Å². The monoisotopic (exact) mass is 383 g/mol. The molecule has 3 rings (SSSR count). The largest absolute Gasteiger partial charge is 0.464 e. The zero-order valence-corrected chi connectivity index (χ0v) is 16.7. The van der Waals surface area contributed by atoms with Crippen LogP contribution in [0.1, 0.15) is 29.9 Å². The van der Waals surface area contributed by atoms with Crippen molar-refractivity contribution in [1.82, 2.24) is 15.1 Å². The lowest BCUT2D eigenvalue weighted by atomic mass is 10.1. The summed E-state index contributed by atoms with van der Waals surface area (Å²) in [6.45, 7) is 4.51. The second kappa shape index (κ2) is 9.55. The lowest BCUT2D eigenvalue weighted by Crippen LogP contribution is -2.56. The predicted molar refractivity (Wildman–Crippen MR) is 108 cm³/mol. The molecular weight excluding hydrogens is 354 g/mol. The summed E-state index contributed by atoms with van der Waals surface area (Å²) in [4.78, 5) is 28.9. The van der Waals surface area contributed by atoms with Gasteiger partial charge >= 0.3 is 0 Å². The summed E-state index contributed by atoms with van der Waals surface area (Å²) in [7, 11) is 1.75. The minimum absolute atomic E-state index is 0.0517. The first kappa shape index (κ1) is 20.1. The van der Waals surface area contributed by atoms with E-state index in [4.69, 9.17) is 4.42 Å². The van der Waals surface area contributed by atoms with Crippen molar-refractivity contribution in [1.29, 1.82) is 0 Å². The van der Waals surface area contributed by atoms with E-state index >= 15 is 0 Å². The van der Waals surface area contributed by atoms with Crippen LogP contribution in [0.25, 0.3) is 0 Å². The Morgan fingerprint density at radius 2 is 2.04 bits per heavy atom. The third kappa shape index (κ3) is 5.45. The van der Waals surface area contributed by atoms with Gasteiger partial charge in [-0.1, -0.05) is 30.3 Å². The summed E-state index contributed by atoms with van der Waals surface area (Å²) in [5, 5.41) is 2.90. The molecule has 1 unspecified atom stereocenters. The van der Waals surface area contributed by atoms with Crippen molar-refractivity contribution in [3.63, 3.8) is 0 Å². The Kier molecular flexibility index (Phi) is 6.87. The van der Waals surface area contributed by atoms with E-state index < -0.39 is 6.04 Å². The molecule has 1 aliphatic heterocycles. The summed E-state index contributed by atoms with van der Waals surface area (Å²) in [6.07, 6.45) is 2.12. The lowest BCUT2D eigenvalue weighted by Gasteiger charge is -2.35. The van der Waals surface area contributed by atoms with E-state index in [1.54, 1.807) is 11.9 Å². The molecule has 0 radical (unpaired) electrons. The second-order valence-corrected chi connectivity index (χ2v) is 7.40. The van der Waals surface area contributed by atoms with Crippen LogP contribution in [0.2, 0.25) is 0 Å². The SMILES string of the molecule is Cc1ccc(CN(C)C(=O)CC2C(=O)NCCN2CCCc2ccccc2)o1. The van der Waals surface area contributed by atoms with Crippen LogP contribution in [0.3, 0.4) is 0 Å². The van der Waals surface area contributed by atoms with Crippen molar-refractivity contribution in [2.45, 2.75) is 38.8 Å². The molecule has 1 aromatic carbocycles. The predicted octanol–water partition coefficient (Wildman–Crippen LogP) is 2.37. The number of hydrogen-bond acceptors (Lipinski definition) is 4. The van der Waals surface area contributed by atoms with Gasteiger partial charge in [-0.05, 0) is 44.0 Å². The highest BCUT2D eigenvalue weighted by atomic mass is 16.3. The van der Waals surface area contributed by atoms with Gasteiger partial charge in [0.05, 0.1) is 19.0 Å². The highest BCUT2D eigenvalue weighted by molar-refractivity contribution is 5.88. The molecule has 0 spiro atoms. The fourth-order valence-electron chi connectivity index (χ4n) is 3.60. The number of carbonyl (C=O) groups excluding carboxylic acids is 2. The Bertz CT molecular complexity index is 787. The Morgan fingerprint density at radius 3 is 2.75 bits per heavy atom. The minimum atomic E-state index is -0.405. The number of benzene rings is 1. The summed E-state index contributed by atoms with van der Waals surface area (Å²) < 4.78 is 5.55. The number of aryl methyl sites for hydroxylation is 2. The van der Waals surface area contributed by atoms with Crippen molar-refractivity contribution < 1.29 is 14.0 Å². The van der Waals surface area contributed by atoms with E-state index in [0.29, 0.717) is 13.1 Å². The molecule has 0 saturated carbocycles. The van der Waals surface area contributed by atoms with Crippen LogP contribution in [0.15, 0.2) is 46.9 Å². The molecule has 1 N–H and O–H groups in total. The van der Waals surface area contributed by atoms with Crippen LogP contribution in [0, 0.1) is 6.92 Å². The number of nitrogens with one attached hydrogen (secondary N) is 1. The molecule has 2 aromatic rings. The van der Waals surface area contributed by atoms with Gasteiger partial charge in [0.2, 0.25) is 11.8 Å². The van der Waals surface area contributed by atoms with Gasteiger partial charge in [0.25, 0.3) is 0 Å². The van der Waals surface area contributed by atoms with Crippen molar-refractivity contribution in [3.8, 4) is 0 Å². The lowest BCUT2D eigenvalue weighted by molar-refractivity contribution is -0.138. The van der Waals surface area contributed by atoms with Crippen LogP contribution in [-0.2, 0) is 22.6 Å². The first-order chi connectivity index (χ1) is 13.5. The van der Waals surface area contributed by atoms with Gasteiger partial charge in [0, 0.05) is 20.1 Å². The standard InChI is InChI=1S/C22H29N3O3/c1-17-10-11-19(28-17)16-24(2)21(26)15-20-22(27)23-12-14-25(20)13-6-9-18-7-4-3-5-8-18/h3-5,7-8,10-11,20H,6,9,12-16H2,1-2H3,(H,23,27). The molecular formula is C22H29N3O3. The zero-order valence-electron chi connectivity index (χ0n) is 16.7. The maximum Gasteiger partial charge on any atom is 0.237 e. The summed E-state index contributed by atoms with van der Waals surface area (Å²) in [5.41, 5.74) is 1.30. The van der Waals surface area contributed by atoms with Gasteiger partial charge in [-0.3, -0.25) is 14.5 Å². The number of piperazine rings is 1. The third-order valence-electron chi connectivity index (χ3n) is 5.18. The molecule has 28 heavy (non-hydrogen) atoms. The topological polar surface area (TPSA) is 65.8 Å². The molecule has 6 nitrogen and oxygen atoms in total. The molecule has 0 bridgehead atoms. The van der Waals surface area contributed by atoms with E-state index in [1.165, 1.54) is 5.56 Å². The van der Waals surface area contributed by atoms with Gasteiger partial charge in [-0.25, -0.2) is 0 Å². The van der Waals surface area contributed by atoms with Crippen LogP contribution in [0.4, 0.5) is 0 Å². The molecule has 1 aliphatic rings. The van der Waals surface area contributed by atoms with Gasteiger partial charge in [0.15, 0.2) is 0 Å². The van der Waals surface area contributed by atoms with E-state index in [1.807, 2.05) is 37.3 Å². The maximum absolute atomic E-state index is 12.7. The molecule has 2 heterocycles. The van der Waals surface area contributed by atoms with Crippen LogP contribution < -0.4 is 5.32 Å². The molecule has 150 valence electrons. The first-order valence-electron chi connectivity index (χ1n) is 9.88. The second-order valence-electron chi connectivity index (χ2n) is 7.40. The highest BCUT2D eigenvalue weighted by Gasteiger charge is 2.32. The zero-order chi connectivity index (χ0) is 19.9. The average Bonchev–Trinajstić information content (AvgIpc) is 3.09. The van der Waals surface area contributed by atoms with Crippen LogP contribution >= 0.6 is 0 Å². The van der Waals surface area contributed by atoms with Crippen LogP contribution in [-0.4, -0.2) is 54.3 Å². The number of rotatable bonds is 8. The number of hydrogen-bond donors (Lipinski definition) is 1. The minimum Gasteiger partial charge on any atom is -0.464 e. The fourth-order valence-corrected chi connectivity index (χ4v) is 3.60. The van der Waals surface area contributed by atoms with E-state index in [0.717, 1.165) is 37.5 Å². The first-order valence-corrected chi connectivity index (χ1v) is 9.88. The summed E-state index contributed by atoms with van der Waals surface area (Å²) >= 11 is 0. The average molecular weight is 383 g/mol. The van der Waals surface area contributed by atoms with Gasteiger partial charge < -0.3 is 14.6 Å².